The largest absolute Gasteiger partial charge is 0.340 e. The third-order valence-electron chi connectivity index (χ3n) is 6.17. The number of amides is 1. The van der Waals surface area contributed by atoms with Gasteiger partial charge < -0.3 is 10.2 Å². The van der Waals surface area contributed by atoms with Crippen LogP contribution in [0.2, 0.25) is 0 Å². The number of sulfone groups is 1. The van der Waals surface area contributed by atoms with Crippen molar-refractivity contribution >= 4 is 15.7 Å². The summed E-state index contributed by atoms with van der Waals surface area (Å²) in [6, 6.07) is 0.669. The summed E-state index contributed by atoms with van der Waals surface area (Å²) < 4.78 is 23.7. The molecule has 0 aromatic rings. The summed E-state index contributed by atoms with van der Waals surface area (Å²) >= 11 is 0. The summed E-state index contributed by atoms with van der Waals surface area (Å²) in [6.45, 7) is 4.46. The van der Waals surface area contributed by atoms with Crippen molar-refractivity contribution < 1.29 is 13.2 Å². The minimum absolute atomic E-state index is 0.153. The van der Waals surface area contributed by atoms with Gasteiger partial charge in [0.25, 0.3) is 0 Å². The molecular weight excluding hydrogens is 326 g/mol. The van der Waals surface area contributed by atoms with Crippen molar-refractivity contribution in [2.45, 2.75) is 55.7 Å². The predicted molar refractivity (Wildman–Crippen MR) is 94.7 cm³/mol. The molecule has 1 saturated carbocycles. The molecule has 1 N–H and O–H groups in total. The number of carbonyl (C=O) groups excluding carboxylic acids is 1. The monoisotopic (exact) mass is 357 g/mol. The topological polar surface area (TPSA) is 69.7 Å². The first-order valence-corrected chi connectivity index (χ1v) is 11.3. The van der Waals surface area contributed by atoms with Gasteiger partial charge >= 0.3 is 0 Å². The minimum Gasteiger partial charge on any atom is -0.340 e. The van der Waals surface area contributed by atoms with E-state index in [0.29, 0.717) is 45.1 Å². The Morgan fingerprint density at radius 3 is 2.29 bits per heavy atom. The van der Waals surface area contributed by atoms with Gasteiger partial charge in [0.05, 0.1) is 0 Å². The quantitative estimate of drug-likeness (QED) is 0.802. The highest BCUT2D eigenvalue weighted by atomic mass is 32.2. The van der Waals surface area contributed by atoms with Crippen LogP contribution in [0.1, 0.15) is 44.9 Å². The lowest BCUT2D eigenvalue weighted by molar-refractivity contribution is -0.134. The van der Waals surface area contributed by atoms with E-state index in [0.717, 1.165) is 19.5 Å². The van der Waals surface area contributed by atoms with Gasteiger partial charge in [0.1, 0.15) is 0 Å². The Hall–Kier alpha value is -0.660. The van der Waals surface area contributed by atoms with Gasteiger partial charge in [-0.1, -0.05) is 12.8 Å². The summed E-state index contributed by atoms with van der Waals surface area (Å²) in [4.78, 5) is 17.6. The third kappa shape index (κ3) is 3.48. The molecule has 0 atom stereocenters. The molecule has 2 saturated heterocycles. The predicted octanol–water partition coefficient (Wildman–Crippen LogP) is 0.630. The summed E-state index contributed by atoms with van der Waals surface area (Å²) in [5.74, 6) is -0.153. The van der Waals surface area contributed by atoms with Gasteiger partial charge in [-0.05, 0) is 45.2 Å². The zero-order valence-corrected chi connectivity index (χ0v) is 15.6. The zero-order chi connectivity index (χ0) is 17.2. The smallest absolute Gasteiger partial charge is 0.244 e. The van der Waals surface area contributed by atoms with E-state index in [9.17, 15) is 13.2 Å². The van der Waals surface area contributed by atoms with Crippen LogP contribution in [0.15, 0.2) is 0 Å². The van der Waals surface area contributed by atoms with Crippen LogP contribution >= 0.6 is 0 Å². The SMILES string of the molecule is CS(=O)(=O)C1(C(=O)N2CCCN(C3CCCC3)CC2)CCNCC1. The lowest BCUT2D eigenvalue weighted by Gasteiger charge is -2.38. The van der Waals surface area contributed by atoms with Gasteiger partial charge in [-0.2, -0.15) is 0 Å². The Bertz CT molecular complexity index is 551. The molecule has 2 aliphatic heterocycles. The normalized spacial score (nSPS) is 27.1. The van der Waals surface area contributed by atoms with Gasteiger partial charge in [0, 0.05) is 38.5 Å². The molecule has 2 heterocycles. The molecule has 3 aliphatic rings. The molecule has 3 rings (SSSR count). The van der Waals surface area contributed by atoms with E-state index in [-0.39, 0.29) is 5.91 Å². The maximum atomic E-state index is 13.2. The molecule has 1 amide bonds. The van der Waals surface area contributed by atoms with E-state index < -0.39 is 14.6 Å². The number of piperidine rings is 1. The fourth-order valence-electron chi connectivity index (χ4n) is 4.64. The van der Waals surface area contributed by atoms with E-state index >= 15 is 0 Å². The number of hydrogen-bond acceptors (Lipinski definition) is 5. The number of nitrogens with one attached hydrogen (secondary N) is 1. The minimum atomic E-state index is -3.42. The summed E-state index contributed by atoms with van der Waals surface area (Å²) in [5, 5.41) is 3.18. The number of nitrogens with zero attached hydrogens (tertiary/aromatic N) is 2. The van der Waals surface area contributed by atoms with Crippen molar-refractivity contribution in [3.05, 3.63) is 0 Å². The number of carbonyl (C=O) groups is 1. The molecule has 7 heteroatoms. The Kier molecular flexibility index (Phi) is 5.52. The van der Waals surface area contributed by atoms with Gasteiger partial charge in [0.2, 0.25) is 5.91 Å². The van der Waals surface area contributed by atoms with Crippen molar-refractivity contribution in [3.8, 4) is 0 Å². The Morgan fingerprint density at radius 1 is 1.00 bits per heavy atom. The molecule has 0 bridgehead atoms. The molecule has 0 unspecified atom stereocenters. The molecular formula is C17H31N3O3S. The molecule has 3 fully saturated rings. The number of rotatable bonds is 3. The van der Waals surface area contributed by atoms with Gasteiger partial charge in [-0.15, -0.1) is 0 Å². The second-order valence-electron chi connectivity index (χ2n) is 7.64. The zero-order valence-electron chi connectivity index (χ0n) is 14.8. The first kappa shape index (κ1) is 18.1. The van der Waals surface area contributed by atoms with Crippen LogP contribution in [0.25, 0.3) is 0 Å². The highest BCUT2D eigenvalue weighted by Crippen LogP contribution is 2.31. The molecule has 0 aromatic heterocycles. The lowest BCUT2D eigenvalue weighted by Crippen LogP contribution is -2.58. The van der Waals surface area contributed by atoms with Crippen molar-refractivity contribution in [2.75, 3.05) is 45.5 Å². The maximum Gasteiger partial charge on any atom is 0.244 e. The fourth-order valence-corrected chi connectivity index (χ4v) is 6.03. The first-order valence-electron chi connectivity index (χ1n) is 9.38. The number of hydrogen-bond donors (Lipinski definition) is 1. The summed E-state index contributed by atoms with van der Waals surface area (Å²) in [7, 11) is -3.42. The summed E-state index contributed by atoms with van der Waals surface area (Å²) in [5.41, 5.74) is 0. The molecule has 6 nitrogen and oxygen atoms in total. The third-order valence-corrected chi connectivity index (χ3v) is 8.17. The average Bonchev–Trinajstić information content (AvgIpc) is 2.98. The molecule has 1 aliphatic carbocycles. The maximum absolute atomic E-state index is 13.2. The molecule has 0 radical (unpaired) electrons. The van der Waals surface area contributed by atoms with E-state index in [2.05, 4.69) is 10.2 Å². The Labute approximate surface area is 145 Å². The fraction of sp³-hybridized carbons (Fsp3) is 0.941. The first-order chi connectivity index (χ1) is 11.4. The van der Waals surface area contributed by atoms with Crippen LogP contribution in [-0.2, 0) is 14.6 Å². The second kappa shape index (κ2) is 7.30. The van der Waals surface area contributed by atoms with Gasteiger partial charge in [-0.3, -0.25) is 9.69 Å². The van der Waals surface area contributed by atoms with Crippen molar-refractivity contribution in [2.24, 2.45) is 0 Å². The standard InChI is InChI=1S/C17H31N3O3S/c1-24(22,23)17(7-9-18-10-8-17)16(21)20-12-4-11-19(13-14-20)15-5-2-3-6-15/h15,18H,2-14H2,1H3. The Balaban J connectivity index is 1.71. The molecule has 24 heavy (non-hydrogen) atoms. The molecule has 0 aromatic carbocycles. The van der Waals surface area contributed by atoms with E-state index in [1.54, 1.807) is 0 Å². The van der Waals surface area contributed by atoms with Crippen LogP contribution in [-0.4, -0.2) is 80.4 Å². The lowest BCUT2D eigenvalue weighted by atomic mass is 9.95. The van der Waals surface area contributed by atoms with Crippen molar-refractivity contribution in [3.63, 3.8) is 0 Å². The van der Waals surface area contributed by atoms with Crippen molar-refractivity contribution in [1.82, 2.24) is 15.1 Å². The van der Waals surface area contributed by atoms with Crippen molar-refractivity contribution in [1.29, 1.82) is 0 Å². The Morgan fingerprint density at radius 2 is 1.67 bits per heavy atom. The van der Waals surface area contributed by atoms with E-state index in [1.165, 1.54) is 31.9 Å². The highest BCUT2D eigenvalue weighted by molar-refractivity contribution is 7.92. The van der Waals surface area contributed by atoms with Crippen LogP contribution < -0.4 is 5.32 Å². The highest BCUT2D eigenvalue weighted by Gasteiger charge is 2.50. The van der Waals surface area contributed by atoms with E-state index in [1.807, 2.05) is 4.90 Å². The van der Waals surface area contributed by atoms with E-state index in [4.69, 9.17) is 0 Å². The van der Waals surface area contributed by atoms with Gasteiger partial charge in [0.15, 0.2) is 14.6 Å². The van der Waals surface area contributed by atoms with Crippen LogP contribution in [0, 0.1) is 0 Å². The molecule has 0 spiro atoms. The second-order valence-corrected chi connectivity index (χ2v) is 9.96. The summed E-state index contributed by atoms with van der Waals surface area (Å²) in [6.07, 6.45) is 8.14. The average molecular weight is 358 g/mol. The van der Waals surface area contributed by atoms with Crippen LogP contribution in [0.3, 0.4) is 0 Å². The van der Waals surface area contributed by atoms with Crippen LogP contribution in [0.5, 0.6) is 0 Å². The van der Waals surface area contributed by atoms with Gasteiger partial charge in [-0.25, -0.2) is 8.42 Å². The molecule has 138 valence electrons. The van der Waals surface area contributed by atoms with Crippen LogP contribution in [0.4, 0.5) is 0 Å².